The van der Waals surface area contributed by atoms with E-state index < -0.39 is 0 Å². The zero-order chi connectivity index (χ0) is 14.4. The number of oxime groups is 1. The van der Waals surface area contributed by atoms with Gasteiger partial charge < -0.3 is 4.84 Å². The molecule has 1 atom stereocenters. The Balaban J connectivity index is 2.32. The van der Waals surface area contributed by atoms with Crippen LogP contribution in [-0.2, 0) is 4.84 Å². The Kier molecular flexibility index (Phi) is 4.66. The molecule has 0 radical (unpaired) electrons. The van der Waals surface area contributed by atoms with Crippen LogP contribution in [0.15, 0.2) is 59.8 Å². The summed E-state index contributed by atoms with van der Waals surface area (Å²) in [5, 5.41) is 3.78. The van der Waals surface area contributed by atoms with Crippen LogP contribution in [-0.4, -0.2) is 19.1 Å². The average Bonchev–Trinajstić information content (AvgIpc) is 2.52. The molecule has 0 fully saturated rings. The van der Waals surface area contributed by atoms with Crippen molar-refractivity contribution in [1.29, 1.82) is 0 Å². The van der Waals surface area contributed by atoms with Crippen LogP contribution in [0, 0.1) is 0 Å². The third-order valence-electron chi connectivity index (χ3n) is 3.21. The number of benzene rings is 2. The summed E-state index contributed by atoms with van der Waals surface area (Å²) in [5.74, 6) is -0.124. The molecule has 2 aromatic carbocycles. The topological polar surface area (TPSA) is 38.7 Å². The molecule has 0 saturated heterocycles. The maximum atomic E-state index is 12.5. The number of rotatable bonds is 5. The number of hydrogen-bond donors (Lipinski definition) is 0. The first-order valence-electron chi connectivity index (χ1n) is 6.48. The summed E-state index contributed by atoms with van der Waals surface area (Å²) in [6.07, 6.45) is 1.63. The standard InChI is InChI=1S/C17H17NO2/c1-13(17(19)14-8-4-3-5-9-14)16-11-7-6-10-15(16)12-18-20-2/h3-13H,1-2H3/b18-12+. The Morgan fingerprint density at radius 1 is 1.10 bits per heavy atom. The summed E-state index contributed by atoms with van der Waals surface area (Å²) in [5.41, 5.74) is 2.56. The van der Waals surface area contributed by atoms with Gasteiger partial charge in [-0.1, -0.05) is 66.7 Å². The highest BCUT2D eigenvalue weighted by atomic mass is 16.6. The highest BCUT2D eigenvalue weighted by molar-refractivity contribution is 6.01. The minimum atomic E-state index is -0.225. The Labute approximate surface area is 118 Å². The fraction of sp³-hybridized carbons (Fsp3) is 0.176. The van der Waals surface area contributed by atoms with E-state index in [0.717, 1.165) is 16.7 Å². The van der Waals surface area contributed by atoms with E-state index in [1.807, 2.05) is 61.5 Å². The molecule has 3 nitrogen and oxygen atoms in total. The molecule has 0 aromatic heterocycles. The molecule has 102 valence electrons. The molecule has 0 aliphatic carbocycles. The van der Waals surface area contributed by atoms with Crippen LogP contribution >= 0.6 is 0 Å². The highest BCUT2D eigenvalue weighted by Crippen LogP contribution is 2.23. The first-order valence-corrected chi connectivity index (χ1v) is 6.48. The summed E-state index contributed by atoms with van der Waals surface area (Å²) < 4.78 is 0. The Hall–Kier alpha value is -2.42. The van der Waals surface area contributed by atoms with Crippen molar-refractivity contribution >= 4 is 12.0 Å². The van der Waals surface area contributed by atoms with Crippen molar-refractivity contribution in [3.05, 3.63) is 71.3 Å². The van der Waals surface area contributed by atoms with Gasteiger partial charge in [-0.15, -0.1) is 0 Å². The molecule has 0 aliphatic rings. The molecule has 0 bridgehead atoms. The third-order valence-corrected chi connectivity index (χ3v) is 3.21. The zero-order valence-electron chi connectivity index (χ0n) is 11.6. The van der Waals surface area contributed by atoms with Gasteiger partial charge in [0, 0.05) is 11.5 Å². The van der Waals surface area contributed by atoms with Gasteiger partial charge in [0.25, 0.3) is 0 Å². The highest BCUT2D eigenvalue weighted by Gasteiger charge is 2.18. The second-order valence-corrected chi connectivity index (χ2v) is 4.50. The van der Waals surface area contributed by atoms with Crippen LogP contribution in [0.2, 0.25) is 0 Å². The summed E-state index contributed by atoms with van der Waals surface area (Å²) in [4.78, 5) is 17.2. The Morgan fingerprint density at radius 3 is 2.45 bits per heavy atom. The van der Waals surface area contributed by atoms with E-state index in [4.69, 9.17) is 4.84 Å². The lowest BCUT2D eigenvalue weighted by atomic mass is 9.89. The predicted octanol–water partition coefficient (Wildman–Crippen LogP) is 3.65. The molecule has 0 amide bonds. The minimum Gasteiger partial charge on any atom is -0.399 e. The van der Waals surface area contributed by atoms with Gasteiger partial charge in [-0.2, -0.15) is 0 Å². The van der Waals surface area contributed by atoms with Crippen LogP contribution in [0.4, 0.5) is 0 Å². The van der Waals surface area contributed by atoms with E-state index in [9.17, 15) is 4.79 Å². The van der Waals surface area contributed by atoms with Gasteiger partial charge in [0.2, 0.25) is 0 Å². The summed E-state index contributed by atoms with van der Waals surface area (Å²) in [6, 6.07) is 17.0. The smallest absolute Gasteiger partial charge is 0.170 e. The number of hydrogen-bond acceptors (Lipinski definition) is 3. The number of carbonyl (C=O) groups excluding carboxylic acids is 1. The SMILES string of the molecule is CO/N=C/c1ccccc1C(C)C(=O)c1ccccc1. The molecular formula is C17H17NO2. The van der Waals surface area contributed by atoms with E-state index in [2.05, 4.69) is 5.16 Å². The van der Waals surface area contributed by atoms with Crippen LogP contribution < -0.4 is 0 Å². The maximum absolute atomic E-state index is 12.5. The largest absolute Gasteiger partial charge is 0.399 e. The fourth-order valence-electron chi connectivity index (χ4n) is 2.13. The van der Waals surface area contributed by atoms with E-state index in [1.165, 1.54) is 7.11 Å². The Morgan fingerprint density at radius 2 is 1.75 bits per heavy atom. The molecule has 1 unspecified atom stereocenters. The van der Waals surface area contributed by atoms with Gasteiger partial charge in [0.15, 0.2) is 5.78 Å². The van der Waals surface area contributed by atoms with Gasteiger partial charge in [0.1, 0.15) is 7.11 Å². The quantitative estimate of drug-likeness (QED) is 0.471. The molecule has 20 heavy (non-hydrogen) atoms. The lowest BCUT2D eigenvalue weighted by molar-refractivity contribution is 0.0966. The summed E-state index contributed by atoms with van der Waals surface area (Å²) in [6.45, 7) is 1.91. The molecule has 0 aliphatic heterocycles. The molecule has 0 saturated carbocycles. The fourth-order valence-corrected chi connectivity index (χ4v) is 2.13. The van der Waals surface area contributed by atoms with Crippen molar-refractivity contribution in [2.24, 2.45) is 5.16 Å². The summed E-state index contributed by atoms with van der Waals surface area (Å²) in [7, 11) is 1.50. The molecule has 0 heterocycles. The predicted molar refractivity (Wildman–Crippen MR) is 80.2 cm³/mol. The number of carbonyl (C=O) groups is 1. The van der Waals surface area contributed by atoms with Crippen molar-refractivity contribution in [2.45, 2.75) is 12.8 Å². The second-order valence-electron chi connectivity index (χ2n) is 4.50. The number of ketones is 1. The third kappa shape index (κ3) is 3.12. The van der Waals surface area contributed by atoms with Gasteiger partial charge in [-0.25, -0.2) is 0 Å². The van der Waals surface area contributed by atoms with Gasteiger partial charge in [-0.3, -0.25) is 4.79 Å². The molecular weight excluding hydrogens is 250 g/mol. The van der Waals surface area contributed by atoms with Crippen molar-refractivity contribution in [2.75, 3.05) is 7.11 Å². The van der Waals surface area contributed by atoms with Crippen LogP contribution in [0.3, 0.4) is 0 Å². The van der Waals surface area contributed by atoms with Crippen LogP contribution in [0.1, 0.15) is 34.3 Å². The normalized spacial score (nSPS) is 12.3. The van der Waals surface area contributed by atoms with Crippen molar-refractivity contribution in [3.8, 4) is 0 Å². The van der Waals surface area contributed by atoms with E-state index in [1.54, 1.807) is 6.21 Å². The first-order chi connectivity index (χ1) is 9.74. The summed E-state index contributed by atoms with van der Waals surface area (Å²) >= 11 is 0. The lowest BCUT2D eigenvalue weighted by Gasteiger charge is -2.13. The number of Topliss-reactive ketones (excluding diaryl/α,β-unsaturated/α-hetero) is 1. The van der Waals surface area contributed by atoms with E-state index >= 15 is 0 Å². The van der Waals surface area contributed by atoms with Crippen molar-refractivity contribution in [1.82, 2.24) is 0 Å². The second kappa shape index (κ2) is 6.66. The first kappa shape index (κ1) is 14.0. The van der Waals surface area contributed by atoms with Gasteiger partial charge in [-0.05, 0) is 11.1 Å². The molecule has 0 spiro atoms. The van der Waals surface area contributed by atoms with Gasteiger partial charge >= 0.3 is 0 Å². The average molecular weight is 267 g/mol. The van der Waals surface area contributed by atoms with E-state index in [0.29, 0.717) is 0 Å². The molecule has 2 aromatic rings. The Bertz CT molecular complexity index is 605. The maximum Gasteiger partial charge on any atom is 0.170 e. The lowest BCUT2D eigenvalue weighted by Crippen LogP contribution is -2.11. The molecule has 0 N–H and O–H groups in total. The zero-order valence-corrected chi connectivity index (χ0v) is 11.6. The number of nitrogens with zero attached hydrogens (tertiary/aromatic N) is 1. The van der Waals surface area contributed by atoms with Crippen molar-refractivity contribution in [3.63, 3.8) is 0 Å². The van der Waals surface area contributed by atoms with Crippen LogP contribution in [0.25, 0.3) is 0 Å². The minimum absolute atomic E-state index is 0.101. The monoisotopic (exact) mass is 267 g/mol. The van der Waals surface area contributed by atoms with Crippen LogP contribution in [0.5, 0.6) is 0 Å². The molecule has 3 heteroatoms. The molecule has 2 rings (SSSR count). The van der Waals surface area contributed by atoms with Gasteiger partial charge in [0.05, 0.1) is 6.21 Å². The van der Waals surface area contributed by atoms with Crippen molar-refractivity contribution < 1.29 is 9.63 Å². The van der Waals surface area contributed by atoms with E-state index in [-0.39, 0.29) is 11.7 Å².